The summed E-state index contributed by atoms with van der Waals surface area (Å²) < 4.78 is 2.10. The Balaban J connectivity index is 1.51. The smallest absolute Gasteiger partial charge is 0.264 e. The van der Waals surface area contributed by atoms with Crippen LogP contribution in [0.3, 0.4) is 0 Å². The van der Waals surface area contributed by atoms with Gasteiger partial charge in [0.15, 0.2) is 11.5 Å². The molecule has 35 heavy (non-hydrogen) atoms. The largest absolute Gasteiger partial charge is 0.338 e. The molecule has 2 N–H and O–H groups in total. The lowest BCUT2D eigenvalue weighted by Gasteiger charge is -2.20. The van der Waals surface area contributed by atoms with E-state index in [-0.39, 0.29) is 11.3 Å². The van der Waals surface area contributed by atoms with Gasteiger partial charge in [0.1, 0.15) is 0 Å². The van der Waals surface area contributed by atoms with Gasteiger partial charge in [0, 0.05) is 38.6 Å². The second-order valence-electron chi connectivity index (χ2n) is 9.63. The van der Waals surface area contributed by atoms with Gasteiger partial charge in [-0.15, -0.1) is 11.3 Å². The molecule has 1 saturated heterocycles. The van der Waals surface area contributed by atoms with Crippen molar-refractivity contribution in [2.45, 2.75) is 52.5 Å². The summed E-state index contributed by atoms with van der Waals surface area (Å²) in [5.74, 6) is 0.798. The van der Waals surface area contributed by atoms with Gasteiger partial charge in [-0.05, 0) is 65.3 Å². The van der Waals surface area contributed by atoms with Crippen LogP contribution in [0.15, 0.2) is 23.6 Å². The molecule has 5 heterocycles. The number of carbonyl (C=O) groups excluding carboxylic acids is 1. The molecule has 10 heteroatoms. The molecule has 0 spiro atoms. The number of likely N-dealkylation sites (tertiary alicyclic amines) is 1. The van der Waals surface area contributed by atoms with E-state index < -0.39 is 0 Å². The number of nitrogens with one attached hydrogen (secondary N) is 2. The monoisotopic (exact) mass is 494 g/mol. The molecule has 186 valence electrons. The summed E-state index contributed by atoms with van der Waals surface area (Å²) >= 11 is 1.51. The molecule has 0 saturated carbocycles. The van der Waals surface area contributed by atoms with Gasteiger partial charge in [-0.3, -0.25) is 14.1 Å². The van der Waals surface area contributed by atoms with E-state index in [0.717, 1.165) is 58.7 Å². The van der Waals surface area contributed by atoms with Crippen molar-refractivity contribution in [3.63, 3.8) is 0 Å². The fraction of sp³-hybridized carbons (Fsp3) is 0.520. The average molecular weight is 495 g/mol. The highest BCUT2D eigenvalue weighted by Crippen LogP contribution is 2.34. The SMILES string of the molecule is CCN(CC)C(=O)c1sc(Nc2nc(C)cn3c(C4(C)C=NNC4)cnc23)cc1CN1CCCC1. The first-order valence-corrected chi connectivity index (χ1v) is 13.3. The fourth-order valence-electron chi connectivity index (χ4n) is 4.96. The number of aromatic nitrogens is 3. The molecular formula is C25H34N8OS. The van der Waals surface area contributed by atoms with E-state index in [4.69, 9.17) is 9.97 Å². The Hall–Kier alpha value is -2.98. The Labute approximate surface area is 210 Å². The third-order valence-corrected chi connectivity index (χ3v) is 8.05. The Morgan fingerprint density at radius 2 is 2.06 bits per heavy atom. The van der Waals surface area contributed by atoms with Gasteiger partial charge in [0.25, 0.3) is 5.91 Å². The van der Waals surface area contributed by atoms with Gasteiger partial charge in [-0.25, -0.2) is 9.97 Å². The first-order valence-electron chi connectivity index (χ1n) is 12.5. The van der Waals surface area contributed by atoms with Crippen LogP contribution in [-0.4, -0.2) is 69.0 Å². The molecule has 9 nitrogen and oxygen atoms in total. The molecule has 5 rings (SSSR count). The Kier molecular flexibility index (Phi) is 6.50. The normalized spacial score (nSPS) is 20.0. The molecule has 1 unspecified atom stereocenters. The van der Waals surface area contributed by atoms with E-state index >= 15 is 0 Å². The molecule has 0 aromatic carbocycles. The first-order chi connectivity index (χ1) is 16.9. The summed E-state index contributed by atoms with van der Waals surface area (Å²) in [7, 11) is 0. The first kappa shape index (κ1) is 23.7. The molecule has 2 aliphatic heterocycles. The van der Waals surface area contributed by atoms with Gasteiger partial charge in [-0.2, -0.15) is 5.10 Å². The highest BCUT2D eigenvalue weighted by Gasteiger charge is 2.32. The zero-order chi connectivity index (χ0) is 24.6. The van der Waals surface area contributed by atoms with Crippen molar-refractivity contribution in [1.82, 2.24) is 29.6 Å². The summed E-state index contributed by atoms with van der Waals surface area (Å²) in [6.45, 7) is 13.3. The highest BCUT2D eigenvalue weighted by atomic mass is 32.1. The topological polar surface area (TPSA) is 90.2 Å². The third-order valence-electron chi connectivity index (χ3n) is 6.97. The quantitative estimate of drug-likeness (QED) is 0.496. The number of hydrazone groups is 1. The number of fused-ring (bicyclic) bond motifs is 1. The Morgan fingerprint density at radius 3 is 2.74 bits per heavy atom. The number of rotatable bonds is 8. The lowest BCUT2D eigenvalue weighted by molar-refractivity contribution is 0.0776. The maximum Gasteiger partial charge on any atom is 0.264 e. The summed E-state index contributed by atoms with van der Waals surface area (Å²) in [4.78, 5) is 28.0. The van der Waals surface area contributed by atoms with Crippen LogP contribution in [0.1, 0.15) is 60.2 Å². The summed E-state index contributed by atoms with van der Waals surface area (Å²) in [6, 6.07) is 2.12. The molecule has 3 aromatic heterocycles. The number of hydrogen-bond donors (Lipinski definition) is 2. The molecule has 0 bridgehead atoms. The molecule has 1 fully saturated rings. The lowest BCUT2D eigenvalue weighted by atomic mass is 9.89. The molecule has 3 aromatic rings. The van der Waals surface area contributed by atoms with Crippen LogP contribution in [-0.2, 0) is 12.0 Å². The number of aryl methyl sites for hydroxylation is 1. The van der Waals surface area contributed by atoms with Gasteiger partial charge >= 0.3 is 0 Å². The Morgan fingerprint density at radius 1 is 1.29 bits per heavy atom. The zero-order valence-electron chi connectivity index (χ0n) is 21.0. The number of anilines is 2. The lowest BCUT2D eigenvalue weighted by Crippen LogP contribution is -2.31. The number of thiophene rings is 1. The van der Waals surface area contributed by atoms with E-state index in [2.05, 4.69) is 38.1 Å². The van der Waals surface area contributed by atoms with Crippen molar-refractivity contribution in [1.29, 1.82) is 0 Å². The minimum atomic E-state index is -0.236. The number of carbonyl (C=O) groups is 1. The molecule has 0 aliphatic carbocycles. The van der Waals surface area contributed by atoms with Crippen molar-refractivity contribution < 1.29 is 4.79 Å². The van der Waals surface area contributed by atoms with Gasteiger partial charge in [-0.1, -0.05) is 0 Å². The maximum atomic E-state index is 13.4. The van der Waals surface area contributed by atoms with Gasteiger partial charge in [0.05, 0.1) is 32.9 Å². The number of nitrogens with zero attached hydrogens (tertiary/aromatic N) is 6. The molecule has 1 amide bonds. The van der Waals surface area contributed by atoms with E-state index in [1.54, 1.807) is 0 Å². The van der Waals surface area contributed by atoms with E-state index in [1.807, 2.05) is 44.3 Å². The average Bonchev–Trinajstić information content (AvgIpc) is 3.62. The van der Waals surface area contributed by atoms with Crippen LogP contribution in [0.4, 0.5) is 10.8 Å². The maximum absolute atomic E-state index is 13.4. The third kappa shape index (κ3) is 4.52. The van der Waals surface area contributed by atoms with Crippen molar-refractivity contribution in [3.8, 4) is 0 Å². The van der Waals surface area contributed by atoms with Crippen molar-refractivity contribution in [2.75, 3.05) is 38.0 Å². The standard InChI is InChI=1S/C25H34N8OS/c1-5-32(6-2)24(34)21-18(14-31-9-7-8-10-31)11-20(35-21)30-22-23-26-12-19(25(4)15-27-28-16-25)33(23)13-17(3)29-22/h11-13,15,28H,5-10,14,16H2,1-4H3,(H,29,30). The minimum absolute atomic E-state index is 0.105. The van der Waals surface area contributed by atoms with Crippen LogP contribution in [0, 0.1) is 6.92 Å². The summed E-state index contributed by atoms with van der Waals surface area (Å²) in [6.07, 6.45) is 8.31. The van der Waals surface area contributed by atoms with Crippen LogP contribution in [0.5, 0.6) is 0 Å². The predicted octanol–water partition coefficient (Wildman–Crippen LogP) is 3.77. The van der Waals surface area contributed by atoms with E-state index in [0.29, 0.717) is 18.9 Å². The minimum Gasteiger partial charge on any atom is -0.338 e. The van der Waals surface area contributed by atoms with Crippen LogP contribution >= 0.6 is 11.3 Å². The van der Waals surface area contributed by atoms with Crippen LogP contribution < -0.4 is 10.7 Å². The molecular weight excluding hydrogens is 460 g/mol. The summed E-state index contributed by atoms with van der Waals surface area (Å²) in [5.41, 5.74) is 6.63. The Bertz CT molecular complexity index is 1250. The van der Waals surface area contributed by atoms with Gasteiger partial charge < -0.3 is 15.6 Å². The van der Waals surface area contributed by atoms with Gasteiger partial charge in [0.2, 0.25) is 0 Å². The zero-order valence-corrected chi connectivity index (χ0v) is 21.8. The van der Waals surface area contributed by atoms with Crippen LogP contribution in [0.2, 0.25) is 0 Å². The fourth-order valence-corrected chi connectivity index (χ4v) is 6.00. The molecule has 0 radical (unpaired) electrons. The van der Waals surface area contributed by atoms with Crippen molar-refractivity contribution in [3.05, 3.63) is 40.3 Å². The van der Waals surface area contributed by atoms with E-state index in [1.165, 1.54) is 24.2 Å². The molecule has 2 aliphatic rings. The molecule has 1 atom stereocenters. The van der Waals surface area contributed by atoms with Crippen molar-refractivity contribution >= 4 is 39.9 Å². The predicted molar refractivity (Wildman–Crippen MR) is 141 cm³/mol. The second kappa shape index (κ2) is 9.58. The highest BCUT2D eigenvalue weighted by molar-refractivity contribution is 7.18. The number of amides is 1. The van der Waals surface area contributed by atoms with E-state index in [9.17, 15) is 4.79 Å². The van der Waals surface area contributed by atoms with Crippen LogP contribution in [0.25, 0.3) is 5.65 Å². The van der Waals surface area contributed by atoms with Crippen molar-refractivity contribution in [2.24, 2.45) is 5.10 Å². The number of hydrogen-bond acceptors (Lipinski definition) is 8. The summed E-state index contributed by atoms with van der Waals surface area (Å²) in [5, 5.41) is 8.64. The second-order valence-corrected chi connectivity index (χ2v) is 10.7. The number of imidazole rings is 1.